The van der Waals surface area contributed by atoms with Crippen LogP contribution in [0.3, 0.4) is 0 Å². The Morgan fingerprint density at radius 1 is 1.09 bits per heavy atom. The predicted octanol–water partition coefficient (Wildman–Crippen LogP) is 3.55. The van der Waals surface area contributed by atoms with Crippen molar-refractivity contribution in [2.45, 2.75) is 33.6 Å². The minimum atomic E-state index is 0.481. The van der Waals surface area contributed by atoms with Gasteiger partial charge >= 0.3 is 0 Å². The van der Waals surface area contributed by atoms with Crippen molar-refractivity contribution in [2.24, 2.45) is 5.16 Å². The highest BCUT2D eigenvalue weighted by Crippen LogP contribution is 2.04. The Bertz CT molecular complexity index is 710. The number of rotatable bonds is 7. The highest BCUT2D eigenvalue weighted by Gasteiger charge is 2.01. The Labute approximate surface area is 136 Å². The Balaban J connectivity index is 1.80. The maximum Gasteiger partial charge on any atom is 0.117 e. The number of hydrogen-bond acceptors (Lipinski definition) is 5. The summed E-state index contributed by atoms with van der Waals surface area (Å²) in [5.41, 5.74) is 4.74. The summed E-state index contributed by atoms with van der Waals surface area (Å²) in [7, 11) is 0. The molecule has 0 aliphatic rings. The number of hydrogen-bond donors (Lipinski definition) is 1. The van der Waals surface area contributed by atoms with Gasteiger partial charge in [0.2, 0.25) is 0 Å². The molecule has 0 aliphatic heterocycles. The van der Waals surface area contributed by atoms with Gasteiger partial charge in [-0.2, -0.15) is 0 Å². The van der Waals surface area contributed by atoms with E-state index >= 15 is 0 Å². The number of aryl methyl sites for hydroxylation is 2. The highest BCUT2D eigenvalue weighted by molar-refractivity contribution is 5.96. The van der Waals surface area contributed by atoms with Gasteiger partial charge in [-0.25, -0.2) is 0 Å². The maximum absolute atomic E-state index is 7.61. The van der Waals surface area contributed by atoms with Crippen molar-refractivity contribution >= 4 is 11.4 Å². The van der Waals surface area contributed by atoms with E-state index in [9.17, 15) is 0 Å². The third kappa shape index (κ3) is 5.29. The lowest BCUT2D eigenvalue weighted by molar-refractivity contribution is 0.141. The summed E-state index contributed by atoms with van der Waals surface area (Å²) < 4.78 is 0. The van der Waals surface area contributed by atoms with Crippen LogP contribution in [-0.2, 0) is 11.3 Å². The molecule has 5 nitrogen and oxygen atoms in total. The summed E-state index contributed by atoms with van der Waals surface area (Å²) in [5, 5.41) is 11.7. The summed E-state index contributed by atoms with van der Waals surface area (Å²) in [6.45, 7) is 6.11. The van der Waals surface area contributed by atoms with Gasteiger partial charge in [-0.1, -0.05) is 17.3 Å². The average molecular weight is 310 g/mol. The van der Waals surface area contributed by atoms with Crippen LogP contribution in [0.1, 0.15) is 43.0 Å². The second-order valence-electron chi connectivity index (χ2n) is 5.42. The van der Waals surface area contributed by atoms with E-state index in [4.69, 9.17) is 10.2 Å². The van der Waals surface area contributed by atoms with Crippen LogP contribution in [0, 0.1) is 12.3 Å². The van der Waals surface area contributed by atoms with E-state index in [2.05, 4.69) is 15.1 Å². The molecule has 2 rings (SSSR count). The summed E-state index contributed by atoms with van der Waals surface area (Å²) in [6, 6.07) is 11.6. The van der Waals surface area contributed by atoms with Crippen molar-refractivity contribution in [1.29, 1.82) is 5.41 Å². The van der Waals surface area contributed by atoms with Gasteiger partial charge < -0.3 is 10.2 Å². The smallest absolute Gasteiger partial charge is 0.117 e. The Morgan fingerprint density at radius 3 is 2.57 bits per heavy atom. The van der Waals surface area contributed by atoms with E-state index in [-0.39, 0.29) is 0 Å². The van der Waals surface area contributed by atoms with E-state index < -0.39 is 0 Å². The Hall–Kier alpha value is -2.56. The van der Waals surface area contributed by atoms with Crippen LogP contribution in [-0.4, -0.2) is 28.0 Å². The number of aromatic nitrogens is 2. The fraction of sp³-hybridized carbons (Fsp3) is 0.333. The molecule has 5 heteroatoms. The van der Waals surface area contributed by atoms with E-state index in [0.29, 0.717) is 12.3 Å². The zero-order valence-corrected chi connectivity index (χ0v) is 13.8. The van der Waals surface area contributed by atoms with Crippen LogP contribution >= 0.6 is 0 Å². The number of nitrogens with zero attached hydrogens (tertiary/aromatic N) is 3. The van der Waals surface area contributed by atoms with Gasteiger partial charge in [0, 0.05) is 11.4 Å². The molecule has 2 aromatic heterocycles. The van der Waals surface area contributed by atoms with Crippen LogP contribution in [0.15, 0.2) is 41.6 Å². The molecule has 0 bridgehead atoms. The second kappa shape index (κ2) is 8.17. The molecule has 23 heavy (non-hydrogen) atoms. The highest BCUT2D eigenvalue weighted by atomic mass is 16.6. The van der Waals surface area contributed by atoms with Crippen molar-refractivity contribution in [3.63, 3.8) is 0 Å². The van der Waals surface area contributed by atoms with E-state index in [1.807, 2.05) is 50.2 Å². The van der Waals surface area contributed by atoms with Crippen molar-refractivity contribution in [1.82, 2.24) is 9.97 Å². The number of oxime groups is 1. The topological polar surface area (TPSA) is 71.2 Å². The summed E-state index contributed by atoms with van der Waals surface area (Å²) >= 11 is 0. The van der Waals surface area contributed by atoms with Crippen LogP contribution in [0.25, 0.3) is 0 Å². The van der Waals surface area contributed by atoms with Crippen LogP contribution in [0.2, 0.25) is 0 Å². The predicted molar refractivity (Wildman–Crippen MR) is 92.2 cm³/mol. The molecule has 0 fully saturated rings. The molecule has 1 N–H and O–H groups in total. The zero-order chi connectivity index (χ0) is 16.7. The van der Waals surface area contributed by atoms with Gasteiger partial charge in [0.05, 0.1) is 17.1 Å². The first-order valence-electron chi connectivity index (χ1n) is 7.68. The first-order valence-corrected chi connectivity index (χ1v) is 7.68. The van der Waals surface area contributed by atoms with Crippen molar-refractivity contribution < 1.29 is 4.84 Å². The summed E-state index contributed by atoms with van der Waals surface area (Å²) in [6.07, 6.45) is 1.63. The van der Waals surface area contributed by atoms with Gasteiger partial charge in [-0.3, -0.25) is 9.97 Å². The van der Waals surface area contributed by atoms with Gasteiger partial charge in [-0.15, -0.1) is 0 Å². The monoisotopic (exact) mass is 310 g/mol. The van der Waals surface area contributed by atoms with Crippen molar-refractivity contribution in [2.75, 3.05) is 6.61 Å². The lowest BCUT2D eigenvalue weighted by Crippen LogP contribution is -2.03. The van der Waals surface area contributed by atoms with Crippen LogP contribution in [0.5, 0.6) is 0 Å². The number of nitrogens with one attached hydrogen (secondary N) is 1. The lowest BCUT2D eigenvalue weighted by atomic mass is 10.2. The normalized spacial score (nSPS) is 11.3. The molecule has 0 amide bonds. The quantitative estimate of drug-likeness (QED) is 0.483. The van der Waals surface area contributed by atoms with E-state index in [0.717, 1.165) is 41.3 Å². The van der Waals surface area contributed by atoms with Gasteiger partial charge in [0.1, 0.15) is 12.3 Å². The molecule has 0 saturated heterocycles. The summed E-state index contributed by atoms with van der Waals surface area (Å²) in [5.74, 6) is 0. The number of pyridine rings is 2. The van der Waals surface area contributed by atoms with E-state index in [1.54, 1.807) is 6.92 Å². The van der Waals surface area contributed by atoms with Gasteiger partial charge in [0.15, 0.2) is 0 Å². The Morgan fingerprint density at radius 2 is 1.83 bits per heavy atom. The first kappa shape index (κ1) is 16.8. The zero-order valence-electron chi connectivity index (χ0n) is 13.8. The van der Waals surface area contributed by atoms with Crippen molar-refractivity contribution in [3.8, 4) is 0 Å². The summed E-state index contributed by atoms with van der Waals surface area (Å²) in [4.78, 5) is 14.2. The molecular weight excluding hydrogens is 288 g/mol. The first-order chi connectivity index (χ1) is 11.1. The lowest BCUT2D eigenvalue weighted by Gasteiger charge is -2.04. The molecule has 0 atom stereocenters. The maximum atomic E-state index is 7.61. The van der Waals surface area contributed by atoms with Crippen LogP contribution < -0.4 is 0 Å². The largest absolute Gasteiger partial charge is 0.396 e. The Kier molecular flexibility index (Phi) is 5.97. The standard InChI is InChI=1S/C18H22N4O/c1-13-7-4-11-18(20-13)15(3)22-23-12-6-9-16-8-5-10-17(21-16)14(2)19/h4-5,7-8,10-11,19H,6,9,12H2,1-3H3/b19-14?,22-15+. The molecular formula is C18H22N4O. The van der Waals surface area contributed by atoms with E-state index in [1.165, 1.54) is 0 Å². The molecule has 0 aliphatic carbocycles. The molecule has 0 radical (unpaired) electrons. The fourth-order valence-electron chi connectivity index (χ4n) is 2.08. The van der Waals surface area contributed by atoms with Gasteiger partial charge in [0.25, 0.3) is 0 Å². The van der Waals surface area contributed by atoms with Gasteiger partial charge in [-0.05, 0) is 57.9 Å². The third-order valence-corrected chi connectivity index (χ3v) is 3.32. The molecule has 0 unspecified atom stereocenters. The van der Waals surface area contributed by atoms with Crippen LogP contribution in [0.4, 0.5) is 0 Å². The average Bonchev–Trinajstić information content (AvgIpc) is 2.54. The fourth-order valence-corrected chi connectivity index (χ4v) is 2.08. The molecule has 0 saturated carbocycles. The second-order valence-corrected chi connectivity index (χ2v) is 5.42. The van der Waals surface area contributed by atoms with Crippen molar-refractivity contribution in [3.05, 3.63) is 59.2 Å². The molecule has 120 valence electrons. The minimum Gasteiger partial charge on any atom is -0.396 e. The third-order valence-electron chi connectivity index (χ3n) is 3.32. The molecule has 2 aromatic rings. The molecule has 0 spiro atoms. The molecule has 2 heterocycles. The molecule has 0 aromatic carbocycles. The SMILES string of the molecule is CC(=N)c1cccc(CCCO/N=C(\C)c2cccc(C)n2)n1. The minimum absolute atomic E-state index is 0.481.